The van der Waals surface area contributed by atoms with Gasteiger partial charge in [0.05, 0.1) is 12.1 Å². The lowest BCUT2D eigenvalue weighted by atomic mass is 9.86. The van der Waals surface area contributed by atoms with Crippen LogP contribution in [0.1, 0.15) is 37.7 Å². The van der Waals surface area contributed by atoms with Crippen LogP contribution in [-0.4, -0.2) is 60.2 Å². The molecular weight excluding hydrogens is 516 g/mol. The first-order chi connectivity index (χ1) is 18.8. The van der Waals surface area contributed by atoms with Crippen molar-refractivity contribution in [1.29, 1.82) is 0 Å². The molecule has 9 nitrogen and oxygen atoms in total. The number of fused-ring (bicyclic) bond motifs is 1. The molecule has 1 saturated heterocycles. The van der Waals surface area contributed by atoms with Gasteiger partial charge in [-0.3, -0.25) is 24.2 Å². The topological polar surface area (TPSA) is 113 Å². The molecule has 0 spiro atoms. The first-order valence-corrected chi connectivity index (χ1v) is 14.1. The Bertz CT molecular complexity index is 1380. The lowest BCUT2D eigenvalue weighted by molar-refractivity contribution is -0.141. The molecule has 2 aliphatic heterocycles. The van der Waals surface area contributed by atoms with Crippen molar-refractivity contribution in [3.63, 3.8) is 0 Å². The minimum absolute atomic E-state index is 0.0650. The standard InChI is InChI=1S/C29H32N4O5S/c1-32-25(34)8-7-19-14-21(16-30-27(19)32)22-5-3-4-6-23(22)24-17-39-29(31-24)33(2)28(37)20(15-26(35)36)13-18-9-11-38-12-10-18/h3-6,14,16-18,20H,7-13,15H2,1-2H3,(H,35,36). The van der Waals surface area contributed by atoms with Gasteiger partial charge in [0.15, 0.2) is 5.13 Å². The van der Waals surface area contributed by atoms with E-state index in [1.807, 2.05) is 29.6 Å². The fraction of sp³-hybridized carbons (Fsp3) is 0.414. The highest BCUT2D eigenvalue weighted by Gasteiger charge is 2.30. The third kappa shape index (κ3) is 5.86. The van der Waals surface area contributed by atoms with Crippen LogP contribution in [0.25, 0.3) is 22.4 Å². The number of rotatable bonds is 8. The van der Waals surface area contributed by atoms with E-state index in [0.717, 1.165) is 40.8 Å². The Hall–Kier alpha value is -3.63. The Labute approximate surface area is 231 Å². The number of aromatic nitrogens is 2. The second-order valence-corrected chi connectivity index (χ2v) is 11.0. The predicted octanol–water partition coefficient (Wildman–Crippen LogP) is 4.65. The zero-order valence-electron chi connectivity index (χ0n) is 22.1. The molecule has 2 aliphatic rings. The lowest BCUT2D eigenvalue weighted by Crippen LogP contribution is -2.35. The number of benzene rings is 1. The van der Waals surface area contributed by atoms with Gasteiger partial charge in [0.2, 0.25) is 11.8 Å². The molecule has 10 heteroatoms. The minimum atomic E-state index is -0.975. The monoisotopic (exact) mass is 548 g/mol. The fourth-order valence-corrected chi connectivity index (χ4v) is 6.19. The highest BCUT2D eigenvalue weighted by Crippen LogP contribution is 2.37. The number of pyridine rings is 1. The average molecular weight is 549 g/mol. The number of ether oxygens (including phenoxy) is 1. The van der Waals surface area contributed by atoms with Gasteiger partial charge in [-0.1, -0.05) is 24.3 Å². The number of carboxylic acids is 1. The summed E-state index contributed by atoms with van der Waals surface area (Å²) in [6.07, 6.45) is 4.91. The third-order valence-corrected chi connectivity index (χ3v) is 8.51. The lowest BCUT2D eigenvalue weighted by Gasteiger charge is -2.27. The Morgan fingerprint density at radius 1 is 1.21 bits per heavy atom. The summed E-state index contributed by atoms with van der Waals surface area (Å²) in [5, 5.41) is 11.9. The Balaban J connectivity index is 1.39. The molecule has 0 radical (unpaired) electrons. The van der Waals surface area contributed by atoms with E-state index in [2.05, 4.69) is 11.1 Å². The van der Waals surface area contributed by atoms with Crippen LogP contribution in [0.5, 0.6) is 0 Å². The minimum Gasteiger partial charge on any atom is -0.481 e. The number of carboxylic acid groups (broad SMARTS) is 1. The van der Waals surface area contributed by atoms with Crippen molar-refractivity contribution >= 4 is 40.1 Å². The second kappa shape index (κ2) is 11.6. The van der Waals surface area contributed by atoms with Gasteiger partial charge in [0, 0.05) is 62.4 Å². The van der Waals surface area contributed by atoms with Crippen LogP contribution < -0.4 is 9.80 Å². The third-order valence-electron chi connectivity index (χ3n) is 7.60. The van der Waals surface area contributed by atoms with Crippen molar-refractivity contribution in [1.82, 2.24) is 9.97 Å². The molecule has 0 bridgehead atoms. The first-order valence-electron chi connectivity index (χ1n) is 13.2. The van der Waals surface area contributed by atoms with Crippen LogP contribution in [-0.2, 0) is 25.5 Å². The number of hydrogen-bond acceptors (Lipinski definition) is 7. The van der Waals surface area contributed by atoms with Crippen molar-refractivity contribution in [3.05, 3.63) is 47.5 Å². The van der Waals surface area contributed by atoms with E-state index >= 15 is 0 Å². The van der Waals surface area contributed by atoms with Crippen LogP contribution >= 0.6 is 11.3 Å². The largest absolute Gasteiger partial charge is 0.481 e. The number of thiazole rings is 1. The van der Waals surface area contributed by atoms with Crippen LogP contribution in [0, 0.1) is 11.8 Å². The summed E-state index contributed by atoms with van der Waals surface area (Å²) >= 11 is 1.36. The molecule has 1 fully saturated rings. The molecule has 2 aromatic heterocycles. The molecule has 204 valence electrons. The van der Waals surface area contributed by atoms with Crippen LogP contribution in [0.4, 0.5) is 10.9 Å². The zero-order chi connectivity index (χ0) is 27.5. The fourth-order valence-electron chi connectivity index (χ4n) is 5.40. The van der Waals surface area contributed by atoms with Crippen LogP contribution in [0.3, 0.4) is 0 Å². The maximum Gasteiger partial charge on any atom is 0.304 e. The van der Waals surface area contributed by atoms with Gasteiger partial charge in [-0.15, -0.1) is 11.3 Å². The quantitative estimate of drug-likeness (QED) is 0.436. The van der Waals surface area contributed by atoms with Gasteiger partial charge >= 0.3 is 5.97 Å². The van der Waals surface area contributed by atoms with Gasteiger partial charge in [-0.2, -0.15) is 0 Å². The summed E-state index contributed by atoms with van der Waals surface area (Å²) in [6, 6.07) is 10.00. The average Bonchev–Trinajstić information content (AvgIpc) is 3.44. The van der Waals surface area contributed by atoms with E-state index in [0.29, 0.717) is 43.4 Å². The number of carbonyl (C=O) groups excluding carboxylic acids is 2. The maximum absolute atomic E-state index is 13.4. The molecule has 1 unspecified atom stereocenters. The molecule has 2 amide bonds. The summed E-state index contributed by atoms with van der Waals surface area (Å²) < 4.78 is 5.42. The summed E-state index contributed by atoms with van der Waals surface area (Å²) in [5.41, 5.74) is 4.56. The molecule has 0 saturated carbocycles. The van der Waals surface area contributed by atoms with Crippen molar-refractivity contribution in [3.8, 4) is 22.4 Å². The number of aliphatic carboxylic acids is 1. The van der Waals surface area contributed by atoms with Gasteiger partial charge in [0.1, 0.15) is 5.82 Å². The smallest absolute Gasteiger partial charge is 0.304 e. The number of aryl methyl sites for hydroxylation is 1. The number of carbonyl (C=O) groups is 3. The van der Waals surface area contributed by atoms with Crippen LogP contribution in [0.2, 0.25) is 0 Å². The van der Waals surface area contributed by atoms with Gasteiger partial charge in [0.25, 0.3) is 0 Å². The Kier molecular flexibility index (Phi) is 8.04. The molecule has 5 rings (SSSR count). The normalized spacial score (nSPS) is 16.6. The van der Waals surface area contributed by atoms with E-state index in [1.54, 1.807) is 25.2 Å². The summed E-state index contributed by atoms with van der Waals surface area (Å²) in [4.78, 5) is 49.5. The number of hydrogen-bond donors (Lipinski definition) is 1. The van der Waals surface area contributed by atoms with E-state index < -0.39 is 11.9 Å². The van der Waals surface area contributed by atoms with E-state index in [4.69, 9.17) is 9.72 Å². The van der Waals surface area contributed by atoms with Crippen molar-refractivity contribution in [2.45, 2.75) is 38.5 Å². The Morgan fingerprint density at radius 3 is 2.69 bits per heavy atom. The zero-order valence-corrected chi connectivity index (χ0v) is 22.9. The number of anilines is 2. The molecule has 4 heterocycles. The van der Waals surface area contributed by atoms with Gasteiger partial charge < -0.3 is 9.84 Å². The van der Waals surface area contributed by atoms with E-state index in [9.17, 15) is 19.5 Å². The summed E-state index contributed by atoms with van der Waals surface area (Å²) in [6.45, 7) is 1.30. The van der Waals surface area contributed by atoms with Gasteiger partial charge in [-0.25, -0.2) is 9.97 Å². The molecule has 1 N–H and O–H groups in total. The summed E-state index contributed by atoms with van der Waals surface area (Å²) in [7, 11) is 3.42. The molecule has 0 aliphatic carbocycles. The second-order valence-electron chi connectivity index (χ2n) is 10.2. The van der Waals surface area contributed by atoms with E-state index in [-0.39, 0.29) is 24.2 Å². The molecule has 39 heavy (non-hydrogen) atoms. The van der Waals surface area contributed by atoms with E-state index in [1.165, 1.54) is 16.2 Å². The number of nitrogens with zero attached hydrogens (tertiary/aromatic N) is 4. The highest BCUT2D eigenvalue weighted by molar-refractivity contribution is 7.14. The predicted molar refractivity (Wildman–Crippen MR) is 150 cm³/mol. The maximum atomic E-state index is 13.4. The molecule has 3 aromatic rings. The first kappa shape index (κ1) is 27.0. The SMILES string of the molecule is CN(C(=O)C(CC(=O)O)CC1CCOCC1)c1nc(-c2ccccc2-c2cnc3c(c2)CCC(=O)N3C)cs1. The van der Waals surface area contributed by atoms with Crippen molar-refractivity contribution < 1.29 is 24.2 Å². The van der Waals surface area contributed by atoms with Crippen molar-refractivity contribution in [2.75, 3.05) is 37.1 Å². The summed E-state index contributed by atoms with van der Waals surface area (Å²) in [5.74, 6) is -0.771. The number of amides is 2. The Morgan fingerprint density at radius 2 is 1.95 bits per heavy atom. The van der Waals surface area contributed by atoms with Crippen LogP contribution in [0.15, 0.2) is 41.9 Å². The van der Waals surface area contributed by atoms with Gasteiger partial charge in [-0.05, 0) is 48.8 Å². The molecular formula is C29H32N4O5S. The molecule has 1 atom stereocenters. The highest BCUT2D eigenvalue weighted by atomic mass is 32.1. The molecule has 1 aromatic carbocycles. The van der Waals surface area contributed by atoms with Crippen molar-refractivity contribution in [2.24, 2.45) is 11.8 Å².